The number of likely N-dealkylation sites (tertiary alicyclic amines) is 1. The first-order valence-electron chi connectivity index (χ1n) is 6.51. The van der Waals surface area contributed by atoms with Crippen LogP contribution in [-0.2, 0) is 6.42 Å². The van der Waals surface area contributed by atoms with Gasteiger partial charge in [-0.15, -0.1) is 5.10 Å². The van der Waals surface area contributed by atoms with E-state index in [-0.39, 0.29) is 0 Å². The number of aromatic nitrogens is 2. The minimum absolute atomic E-state index is 0.553. The summed E-state index contributed by atoms with van der Waals surface area (Å²) in [7, 11) is 1.61. The third kappa shape index (κ3) is 3.42. The minimum Gasteiger partial charge on any atom is -0.479 e. The summed E-state index contributed by atoms with van der Waals surface area (Å²) in [5.74, 6) is 1.26. The smallest absolute Gasteiger partial charge is 0.247 e. The van der Waals surface area contributed by atoms with Crippen molar-refractivity contribution in [2.75, 3.05) is 26.7 Å². The van der Waals surface area contributed by atoms with Gasteiger partial charge in [-0.2, -0.15) is 5.10 Å². The van der Waals surface area contributed by atoms with E-state index in [1.54, 1.807) is 7.11 Å². The first-order valence-corrected chi connectivity index (χ1v) is 7.30. The standard InChI is InChI=1S/C13H20BrN3O/c1-3-17-6-4-5-10(9-17)7-11-8-12(14)13(18-2)16-15-11/h8,10H,3-7,9H2,1-2H3. The van der Waals surface area contributed by atoms with Crippen molar-refractivity contribution in [1.82, 2.24) is 15.1 Å². The average molecular weight is 314 g/mol. The van der Waals surface area contributed by atoms with Crippen LogP contribution >= 0.6 is 15.9 Å². The van der Waals surface area contributed by atoms with Crippen molar-refractivity contribution in [3.05, 3.63) is 16.2 Å². The van der Waals surface area contributed by atoms with Gasteiger partial charge in [0.15, 0.2) is 0 Å². The first kappa shape index (κ1) is 13.7. The maximum Gasteiger partial charge on any atom is 0.247 e. The lowest BCUT2D eigenvalue weighted by Crippen LogP contribution is -2.36. The molecule has 1 saturated heterocycles. The highest BCUT2D eigenvalue weighted by Gasteiger charge is 2.20. The Kier molecular flexibility index (Phi) is 4.95. The maximum atomic E-state index is 5.10. The van der Waals surface area contributed by atoms with Crippen molar-refractivity contribution >= 4 is 15.9 Å². The SMILES string of the molecule is CCN1CCCC(Cc2cc(Br)c(OC)nn2)C1. The second-order valence-corrected chi connectivity index (χ2v) is 5.65. The molecule has 2 rings (SSSR count). The topological polar surface area (TPSA) is 38.2 Å². The molecule has 1 aromatic rings. The molecule has 1 aliphatic rings. The van der Waals surface area contributed by atoms with Crippen LogP contribution in [0.1, 0.15) is 25.5 Å². The lowest BCUT2D eigenvalue weighted by atomic mass is 9.93. The van der Waals surface area contributed by atoms with E-state index >= 15 is 0 Å². The third-order valence-corrected chi connectivity index (χ3v) is 4.08. The third-order valence-electron chi connectivity index (χ3n) is 3.51. The number of ether oxygens (including phenoxy) is 1. The van der Waals surface area contributed by atoms with Crippen LogP contribution in [0.4, 0.5) is 0 Å². The van der Waals surface area contributed by atoms with Gasteiger partial charge in [-0.05, 0) is 60.3 Å². The normalized spacial score (nSPS) is 20.9. The molecule has 0 aromatic carbocycles. The fraction of sp³-hybridized carbons (Fsp3) is 0.692. The van der Waals surface area contributed by atoms with Crippen molar-refractivity contribution in [2.24, 2.45) is 5.92 Å². The van der Waals surface area contributed by atoms with Gasteiger partial charge in [0.05, 0.1) is 17.3 Å². The second-order valence-electron chi connectivity index (χ2n) is 4.80. The zero-order chi connectivity index (χ0) is 13.0. The molecule has 1 fully saturated rings. The van der Waals surface area contributed by atoms with Gasteiger partial charge in [-0.3, -0.25) is 0 Å². The summed E-state index contributed by atoms with van der Waals surface area (Å²) in [6.45, 7) is 5.80. The van der Waals surface area contributed by atoms with Crippen molar-refractivity contribution in [2.45, 2.75) is 26.2 Å². The predicted octanol–water partition coefficient (Wildman–Crippen LogP) is 2.52. The fourth-order valence-corrected chi connectivity index (χ4v) is 3.04. The Hall–Kier alpha value is -0.680. The summed E-state index contributed by atoms with van der Waals surface area (Å²) < 4.78 is 5.98. The van der Waals surface area contributed by atoms with Gasteiger partial charge in [0.2, 0.25) is 5.88 Å². The molecule has 0 spiro atoms. The van der Waals surface area contributed by atoms with Crippen LogP contribution in [0.2, 0.25) is 0 Å². The largest absolute Gasteiger partial charge is 0.479 e. The summed E-state index contributed by atoms with van der Waals surface area (Å²) in [6.07, 6.45) is 3.59. The number of hydrogen-bond donors (Lipinski definition) is 0. The summed E-state index contributed by atoms with van der Waals surface area (Å²) in [5.41, 5.74) is 1.05. The van der Waals surface area contributed by atoms with E-state index in [9.17, 15) is 0 Å². The summed E-state index contributed by atoms with van der Waals surface area (Å²) in [6, 6.07) is 2.02. The molecule has 1 atom stereocenters. The zero-order valence-corrected chi connectivity index (χ0v) is 12.6. The first-order chi connectivity index (χ1) is 8.72. The average Bonchev–Trinajstić information content (AvgIpc) is 2.39. The molecule has 2 heterocycles. The lowest BCUT2D eigenvalue weighted by molar-refractivity contribution is 0.181. The molecule has 1 unspecified atom stereocenters. The highest BCUT2D eigenvalue weighted by molar-refractivity contribution is 9.10. The number of hydrogen-bond acceptors (Lipinski definition) is 4. The Balaban J connectivity index is 1.98. The Bertz CT molecular complexity index is 400. The molecule has 0 bridgehead atoms. The van der Waals surface area contributed by atoms with Gasteiger partial charge in [0.1, 0.15) is 0 Å². The molecule has 0 saturated carbocycles. The number of nitrogens with zero attached hydrogens (tertiary/aromatic N) is 3. The summed E-state index contributed by atoms with van der Waals surface area (Å²) >= 11 is 3.46. The molecule has 1 aliphatic heterocycles. The van der Waals surface area contributed by atoms with E-state index in [2.05, 4.69) is 38.0 Å². The maximum absolute atomic E-state index is 5.10. The lowest BCUT2D eigenvalue weighted by Gasteiger charge is -2.31. The quantitative estimate of drug-likeness (QED) is 0.856. The van der Waals surface area contributed by atoms with Crippen LogP contribution < -0.4 is 4.74 Å². The molecule has 0 radical (unpaired) electrons. The second kappa shape index (κ2) is 6.48. The molecule has 0 amide bonds. The number of methoxy groups -OCH3 is 1. The Labute approximate surface area is 117 Å². The molecule has 1 aromatic heterocycles. The van der Waals surface area contributed by atoms with Crippen LogP contribution in [-0.4, -0.2) is 41.8 Å². The van der Waals surface area contributed by atoms with Gasteiger partial charge < -0.3 is 9.64 Å². The molecular weight excluding hydrogens is 294 g/mol. The van der Waals surface area contributed by atoms with Crippen LogP contribution in [0.3, 0.4) is 0 Å². The molecule has 100 valence electrons. The van der Waals surface area contributed by atoms with Gasteiger partial charge in [0.25, 0.3) is 0 Å². The van der Waals surface area contributed by atoms with Crippen LogP contribution in [0.15, 0.2) is 10.5 Å². The van der Waals surface area contributed by atoms with E-state index in [4.69, 9.17) is 4.74 Å². The molecule has 4 nitrogen and oxygen atoms in total. The van der Waals surface area contributed by atoms with Gasteiger partial charge in [-0.25, -0.2) is 0 Å². The predicted molar refractivity (Wildman–Crippen MR) is 74.8 cm³/mol. The van der Waals surface area contributed by atoms with Crippen LogP contribution in [0, 0.1) is 5.92 Å². The number of piperidine rings is 1. The van der Waals surface area contributed by atoms with Crippen molar-refractivity contribution in [3.63, 3.8) is 0 Å². The van der Waals surface area contributed by atoms with E-state index in [0.717, 1.165) is 23.1 Å². The van der Waals surface area contributed by atoms with Gasteiger partial charge in [-0.1, -0.05) is 6.92 Å². The Morgan fingerprint density at radius 1 is 1.50 bits per heavy atom. The fourth-order valence-electron chi connectivity index (χ4n) is 2.53. The van der Waals surface area contributed by atoms with E-state index in [1.165, 1.54) is 25.9 Å². The summed E-state index contributed by atoms with van der Waals surface area (Å²) in [4.78, 5) is 2.51. The number of rotatable bonds is 4. The van der Waals surface area contributed by atoms with Crippen molar-refractivity contribution < 1.29 is 4.74 Å². The highest BCUT2D eigenvalue weighted by atomic mass is 79.9. The number of halogens is 1. The zero-order valence-electron chi connectivity index (χ0n) is 11.0. The Morgan fingerprint density at radius 3 is 3.00 bits per heavy atom. The van der Waals surface area contributed by atoms with E-state index in [0.29, 0.717) is 11.8 Å². The highest BCUT2D eigenvalue weighted by Crippen LogP contribution is 2.24. The van der Waals surface area contributed by atoms with E-state index in [1.807, 2.05) is 6.07 Å². The van der Waals surface area contributed by atoms with Gasteiger partial charge >= 0.3 is 0 Å². The molecule has 0 N–H and O–H groups in total. The van der Waals surface area contributed by atoms with Crippen molar-refractivity contribution in [1.29, 1.82) is 0 Å². The molecular formula is C13H20BrN3O. The van der Waals surface area contributed by atoms with Gasteiger partial charge in [0, 0.05) is 6.54 Å². The van der Waals surface area contributed by atoms with Crippen LogP contribution in [0.5, 0.6) is 5.88 Å². The van der Waals surface area contributed by atoms with Crippen LogP contribution in [0.25, 0.3) is 0 Å². The molecule has 0 aliphatic carbocycles. The Morgan fingerprint density at radius 2 is 2.33 bits per heavy atom. The minimum atomic E-state index is 0.553. The van der Waals surface area contributed by atoms with Crippen molar-refractivity contribution in [3.8, 4) is 5.88 Å². The summed E-state index contributed by atoms with van der Waals surface area (Å²) in [5, 5.41) is 8.30. The van der Waals surface area contributed by atoms with E-state index < -0.39 is 0 Å². The monoisotopic (exact) mass is 313 g/mol. The molecule has 18 heavy (non-hydrogen) atoms. The molecule has 5 heteroatoms.